The summed E-state index contributed by atoms with van der Waals surface area (Å²) in [6.45, 7) is 9.12. The van der Waals surface area contributed by atoms with E-state index in [1.54, 1.807) is 11.8 Å². The van der Waals surface area contributed by atoms with Crippen LogP contribution in [0.15, 0.2) is 161 Å². The zero-order chi connectivity index (χ0) is 35.9. The number of rotatable bonds is 4. The zero-order valence-corrected chi connectivity index (χ0v) is 30.8. The lowest BCUT2D eigenvalue weighted by Gasteiger charge is -2.39. The van der Waals surface area contributed by atoms with E-state index in [-0.39, 0.29) is 10.8 Å². The highest BCUT2D eigenvalue weighted by molar-refractivity contribution is 7.99. The predicted octanol–water partition coefficient (Wildman–Crippen LogP) is 13.9. The molecule has 3 heterocycles. The third-order valence-corrected chi connectivity index (χ3v) is 12.2. The van der Waals surface area contributed by atoms with Crippen LogP contribution in [0.5, 0.6) is 34.5 Å². The molecular formula is C48H37NO3S. The monoisotopic (exact) mass is 707 g/mol. The molecule has 258 valence electrons. The lowest BCUT2D eigenvalue weighted by molar-refractivity contribution is 0.416. The van der Waals surface area contributed by atoms with Crippen LogP contribution in [0, 0.1) is 0 Å². The Kier molecular flexibility index (Phi) is 7.08. The van der Waals surface area contributed by atoms with Gasteiger partial charge in [0.1, 0.15) is 23.0 Å². The molecule has 10 rings (SSSR count). The van der Waals surface area contributed by atoms with Crippen molar-refractivity contribution in [1.29, 1.82) is 0 Å². The topological polar surface area (TPSA) is 30.9 Å². The number of nitrogens with zero attached hydrogens (tertiary/aromatic N) is 1. The van der Waals surface area contributed by atoms with E-state index >= 15 is 0 Å². The van der Waals surface area contributed by atoms with E-state index in [0.29, 0.717) is 0 Å². The summed E-state index contributed by atoms with van der Waals surface area (Å²) >= 11 is 1.75. The maximum atomic E-state index is 6.89. The van der Waals surface area contributed by atoms with Crippen molar-refractivity contribution in [3.05, 3.63) is 174 Å². The van der Waals surface area contributed by atoms with Crippen LogP contribution < -0.4 is 19.1 Å². The van der Waals surface area contributed by atoms with Crippen LogP contribution in [0.3, 0.4) is 0 Å². The van der Waals surface area contributed by atoms with Crippen LogP contribution >= 0.6 is 11.8 Å². The Balaban J connectivity index is 1.15. The molecule has 0 amide bonds. The zero-order valence-electron chi connectivity index (χ0n) is 30.0. The van der Waals surface area contributed by atoms with Crippen LogP contribution in [0.4, 0.5) is 17.1 Å². The van der Waals surface area contributed by atoms with Crippen LogP contribution in [0.1, 0.15) is 49.9 Å². The number of benzene rings is 7. The normalized spacial score (nSPS) is 15.1. The summed E-state index contributed by atoms with van der Waals surface area (Å²) in [5.41, 5.74) is 9.09. The Hall–Kier alpha value is -5.91. The molecule has 0 aromatic heterocycles. The second-order valence-electron chi connectivity index (χ2n) is 14.9. The van der Waals surface area contributed by atoms with Gasteiger partial charge in [0.2, 0.25) is 0 Å². The van der Waals surface area contributed by atoms with E-state index in [1.165, 1.54) is 11.1 Å². The fourth-order valence-corrected chi connectivity index (χ4v) is 9.21. The molecule has 3 aliphatic rings. The number of hydrogen-bond donors (Lipinski definition) is 0. The molecule has 0 N–H and O–H groups in total. The van der Waals surface area contributed by atoms with Crippen molar-refractivity contribution >= 4 is 28.8 Å². The molecule has 7 aromatic rings. The molecule has 0 unspecified atom stereocenters. The fourth-order valence-electron chi connectivity index (χ4n) is 8.23. The van der Waals surface area contributed by atoms with Gasteiger partial charge in [0, 0.05) is 44.3 Å². The molecule has 3 aliphatic heterocycles. The molecule has 0 saturated carbocycles. The highest BCUT2D eigenvalue weighted by atomic mass is 32.2. The van der Waals surface area contributed by atoms with E-state index in [0.717, 1.165) is 83.6 Å². The maximum Gasteiger partial charge on any atom is 0.155 e. The van der Waals surface area contributed by atoms with Gasteiger partial charge in [-0.3, -0.25) is 0 Å². The molecule has 0 fully saturated rings. The Morgan fingerprint density at radius 1 is 0.415 bits per heavy atom. The smallest absolute Gasteiger partial charge is 0.155 e. The molecule has 0 bridgehead atoms. The number of hydrogen-bond acceptors (Lipinski definition) is 5. The van der Waals surface area contributed by atoms with Gasteiger partial charge in [0.05, 0.1) is 21.2 Å². The quantitative estimate of drug-likeness (QED) is 0.182. The number of fused-ring (bicyclic) bond motifs is 6. The van der Waals surface area contributed by atoms with Gasteiger partial charge in [0.25, 0.3) is 0 Å². The summed E-state index contributed by atoms with van der Waals surface area (Å²) in [6.07, 6.45) is 0. The lowest BCUT2D eigenvalue weighted by atomic mass is 9.75. The number of para-hydroxylation sites is 6. The Morgan fingerprint density at radius 2 is 0.887 bits per heavy atom. The van der Waals surface area contributed by atoms with Gasteiger partial charge >= 0.3 is 0 Å². The summed E-state index contributed by atoms with van der Waals surface area (Å²) in [5.74, 6) is 5.21. The highest BCUT2D eigenvalue weighted by Crippen LogP contribution is 2.58. The second kappa shape index (κ2) is 11.8. The molecule has 4 nitrogen and oxygen atoms in total. The molecule has 7 aromatic carbocycles. The first-order chi connectivity index (χ1) is 25.8. The van der Waals surface area contributed by atoms with E-state index in [1.807, 2.05) is 24.3 Å². The minimum atomic E-state index is -0.272. The van der Waals surface area contributed by atoms with Crippen molar-refractivity contribution in [1.82, 2.24) is 0 Å². The molecule has 0 saturated heterocycles. The summed E-state index contributed by atoms with van der Waals surface area (Å²) in [7, 11) is 0. The van der Waals surface area contributed by atoms with E-state index in [2.05, 4.69) is 160 Å². The van der Waals surface area contributed by atoms with Gasteiger partial charge in [-0.15, -0.1) is 0 Å². The van der Waals surface area contributed by atoms with Crippen molar-refractivity contribution < 1.29 is 14.2 Å². The average molecular weight is 708 g/mol. The van der Waals surface area contributed by atoms with Gasteiger partial charge in [-0.2, -0.15) is 0 Å². The van der Waals surface area contributed by atoms with E-state index < -0.39 is 0 Å². The number of ether oxygens (including phenoxy) is 3. The summed E-state index contributed by atoms with van der Waals surface area (Å²) < 4.78 is 20.3. The van der Waals surface area contributed by atoms with Crippen molar-refractivity contribution in [2.24, 2.45) is 0 Å². The first-order valence-corrected chi connectivity index (χ1v) is 18.9. The van der Waals surface area contributed by atoms with Gasteiger partial charge in [-0.25, -0.2) is 0 Å². The molecule has 0 spiro atoms. The van der Waals surface area contributed by atoms with Gasteiger partial charge in [-0.05, 0) is 60.2 Å². The molecule has 0 radical (unpaired) electrons. The Morgan fingerprint density at radius 3 is 1.49 bits per heavy atom. The van der Waals surface area contributed by atoms with E-state index in [4.69, 9.17) is 14.2 Å². The average Bonchev–Trinajstić information content (AvgIpc) is 3.18. The Labute approximate surface area is 314 Å². The van der Waals surface area contributed by atoms with E-state index in [9.17, 15) is 0 Å². The second-order valence-corrected chi connectivity index (χ2v) is 16.0. The summed E-state index contributed by atoms with van der Waals surface area (Å²) in [6, 6.07) is 53.1. The molecule has 5 heteroatoms. The van der Waals surface area contributed by atoms with Gasteiger partial charge < -0.3 is 19.1 Å². The van der Waals surface area contributed by atoms with Crippen LogP contribution in [0.25, 0.3) is 11.1 Å². The first-order valence-electron chi connectivity index (χ1n) is 18.1. The van der Waals surface area contributed by atoms with Crippen molar-refractivity contribution in [3.63, 3.8) is 0 Å². The van der Waals surface area contributed by atoms with Crippen LogP contribution in [-0.2, 0) is 10.8 Å². The molecule has 0 aliphatic carbocycles. The summed E-state index contributed by atoms with van der Waals surface area (Å²) in [4.78, 5) is 4.54. The minimum Gasteiger partial charge on any atom is -0.455 e. The van der Waals surface area contributed by atoms with Crippen LogP contribution in [0.2, 0.25) is 0 Å². The SMILES string of the molecule is CC1(C)c2ccccc2Oc2c(N(c3ccc(-c4cccc5c4Oc4ccccc4S5)cc3)c3cccc4c3Oc3ccccc3C4(C)C)cccc21. The van der Waals surface area contributed by atoms with Gasteiger partial charge in [0.15, 0.2) is 11.5 Å². The standard InChI is InChI=1S/C48H37NO3S/c1-47(2)33-15-5-7-21-39(33)50-45-35(47)17-12-19-37(45)49(38-20-13-18-36-46(38)51-40-22-8-6-16-34(40)48(36,3)4)31-28-26-30(27-29-31)32-14-11-25-43-44(32)52-41-23-9-10-24-42(41)53-43/h5-29H,1-4H3. The molecule has 53 heavy (non-hydrogen) atoms. The lowest BCUT2D eigenvalue weighted by Crippen LogP contribution is -2.27. The molecule has 0 atom stereocenters. The van der Waals surface area contributed by atoms with Crippen LogP contribution in [-0.4, -0.2) is 0 Å². The molecular weight excluding hydrogens is 671 g/mol. The maximum absolute atomic E-state index is 6.89. The third-order valence-electron chi connectivity index (χ3n) is 11.1. The largest absolute Gasteiger partial charge is 0.455 e. The predicted molar refractivity (Wildman–Crippen MR) is 214 cm³/mol. The van der Waals surface area contributed by atoms with Crippen molar-refractivity contribution in [3.8, 4) is 45.6 Å². The summed E-state index contributed by atoms with van der Waals surface area (Å²) in [5, 5.41) is 0. The van der Waals surface area contributed by atoms with Crippen molar-refractivity contribution in [2.75, 3.05) is 4.90 Å². The highest BCUT2D eigenvalue weighted by Gasteiger charge is 2.39. The van der Waals surface area contributed by atoms with Gasteiger partial charge in [-0.1, -0.05) is 137 Å². The number of anilines is 3. The van der Waals surface area contributed by atoms with Crippen molar-refractivity contribution in [2.45, 2.75) is 48.3 Å². The Bertz CT molecular complexity index is 2480. The fraction of sp³-hybridized carbons (Fsp3) is 0.125. The first kappa shape index (κ1) is 31.8. The minimum absolute atomic E-state index is 0.272. The third kappa shape index (κ3) is 4.91.